The Morgan fingerprint density at radius 2 is 1.52 bits per heavy atom. The van der Waals surface area contributed by atoms with Crippen molar-refractivity contribution in [1.29, 1.82) is 0 Å². The van der Waals surface area contributed by atoms with E-state index >= 15 is 0 Å². The number of rotatable bonds is 3. The number of hydrogen-bond acceptors (Lipinski definition) is 3. The van der Waals surface area contributed by atoms with Gasteiger partial charge in [-0.2, -0.15) is 0 Å². The maximum atomic E-state index is 9.34. The average Bonchev–Trinajstić information content (AvgIpc) is 2.53. The summed E-state index contributed by atoms with van der Waals surface area (Å²) in [5, 5.41) is 10.2. The zero-order valence-corrected chi connectivity index (χ0v) is 15.9. The molecule has 0 atom stereocenters. The fraction of sp³-hybridized carbons (Fsp3) is 0.941. The summed E-state index contributed by atoms with van der Waals surface area (Å²) in [5.41, 5.74) is 0. The quantitative estimate of drug-likeness (QED) is 0.619. The predicted octanol–water partition coefficient (Wildman–Crippen LogP) is 3.54. The number of amides is 1. The van der Waals surface area contributed by atoms with Gasteiger partial charge in [0.05, 0.1) is 6.61 Å². The van der Waals surface area contributed by atoms with Gasteiger partial charge in [0.25, 0.3) is 0 Å². The second-order valence-corrected chi connectivity index (χ2v) is 4.49. The van der Waals surface area contributed by atoms with E-state index in [2.05, 4.69) is 38.0 Å². The van der Waals surface area contributed by atoms with Crippen LogP contribution in [0.4, 0.5) is 0 Å². The van der Waals surface area contributed by atoms with Crippen LogP contribution in [0.5, 0.6) is 0 Å². The molecule has 1 fully saturated rings. The van der Waals surface area contributed by atoms with E-state index < -0.39 is 0 Å². The van der Waals surface area contributed by atoms with Gasteiger partial charge in [0.2, 0.25) is 6.41 Å². The second-order valence-electron chi connectivity index (χ2n) is 4.49. The molecule has 2 N–H and O–H groups in total. The number of nitrogens with zero attached hydrogens (tertiary/aromatic N) is 1. The number of aliphatic hydroxyl groups is 1. The highest BCUT2D eigenvalue weighted by Crippen LogP contribution is 2.13. The lowest BCUT2D eigenvalue weighted by atomic mass is 10.00. The van der Waals surface area contributed by atoms with Gasteiger partial charge in [-0.3, -0.25) is 4.79 Å². The van der Waals surface area contributed by atoms with Crippen LogP contribution in [0, 0.1) is 5.92 Å². The van der Waals surface area contributed by atoms with Crippen LogP contribution in [0.25, 0.3) is 0 Å². The van der Waals surface area contributed by atoms with Crippen LogP contribution in [0.2, 0.25) is 0 Å². The van der Waals surface area contributed by atoms with Crippen molar-refractivity contribution in [3.63, 3.8) is 0 Å². The van der Waals surface area contributed by atoms with E-state index in [1.807, 2.05) is 27.7 Å². The SMILES string of the molecule is CC.CC.CC1CCN(C)CC1.CCC.O=CNCCO. The van der Waals surface area contributed by atoms with E-state index in [4.69, 9.17) is 5.11 Å². The van der Waals surface area contributed by atoms with E-state index in [1.54, 1.807) is 0 Å². The number of hydrogen-bond donors (Lipinski definition) is 2. The van der Waals surface area contributed by atoms with Gasteiger partial charge in [-0.05, 0) is 38.9 Å². The maximum absolute atomic E-state index is 9.34. The Bertz CT molecular complexity index is 138. The van der Waals surface area contributed by atoms with Gasteiger partial charge in [-0.1, -0.05) is 54.9 Å². The number of aliphatic hydroxyl groups excluding tert-OH is 1. The third kappa shape index (κ3) is 38.2. The smallest absolute Gasteiger partial charge is 0.207 e. The molecule has 0 aromatic heterocycles. The van der Waals surface area contributed by atoms with Gasteiger partial charge in [-0.15, -0.1) is 0 Å². The zero-order chi connectivity index (χ0) is 17.5. The third-order valence-electron chi connectivity index (χ3n) is 2.35. The molecule has 1 rings (SSSR count). The van der Waals surface area contributed by atoms with E-state index in [-0.39, 0.29) is 6.61 Å². The Morgan fingerprint density at radius 1 is 1.14 bits per heavy atom. The standard InChI is InChI=1S/C7H15N.C3H7NO2.C3H8.2C2H6/c1-7-3-5-8(2)6-4-7;5-2-1-4-3-6;1-3-2;2*1-2/h7H,3-6H2,1-2H3;3,5H,1-2H2,(H,4,6);3H2,1-2H3;2*1-2H3. The third-order valence-corrected chi connectivity index (χ3v) is 2.35. The molecule has 0 radical (unpaired) electrons. The summed E-state index contributed by atoms with van der Waals surface area (Å²) in [5.74, 6) is 0.978. The fourth-order valence-corrected chi connectivity index (χ4v) is 1.26. The summed E-state index contributed by atoms with van der Waals surface area (Å²) in [6.07, 6.45) is 4.60. The predicted molar refractivity (Wildman–Crippen MR) is 95.7 cm³/mol. The Kier molecular flexibility index (Phi) is 43.0. The Hall–Kier alpha value is -0.610. The minimum Gasteiger partial charge on any atom is -0.395 e. The lowest BCUT2D eigenvalue weighted by Gasteiger charge is -2.26. The molecule has 0 spiro atoms. The van der Waals surface area contributed by atoms with Crippen molar-refractivity contribution in [2.75, 3.05) is 33.3 Å². The fourth-order valence-electron chi connectivity index (χ4n) is 1.26. The van der Waals surface area contributed by atoms with Crippen LogP contribution in [-0.2, 0) is 4.79 Å². The maximum Gasteiger partial charge on any atom is 0.207 e. The Labute approximate surface area is 134 Å². The minimum atomic E-state index is 0.0126. The van der Waals surface area contributed by atoms with Crippen LogP contribution in [0.3, 0.4) is 0 Å². The highest BCUT2D eigenvalue weighted by Gasteiger charge is 2.10. The van der Waals surface area contributed by atoms with Gasteiger partial charge >= 0.3 is 0 Å². The van der Waals surface area contributed by atoms with Crippen molar-refractivity contribution < 1.29 is 9.90 Å². The molecule has 0 aromatic carbocycles. The molecule has 1 amide bonds. The van der Waals surface area contributed by atoms with Gasteiger partial charge in [0, 0.05) is 6.54 Å². The number of carbonyl (C=O) groups is 1. The molecule has 4 nitrogen and oxygen atoms in total. The van der Waals surface area contributed by atoms with Gasteiger partial charge in [0.1, 0.15) is 0 Å². The molecule has 0 saturated carbocycles. The first-order chi connectivity index (χ1) is 10.1. The van der Waals surface area contributed by atoms with Crippen LogP contribution < -0.4 is 5.32 Å². The van der Waals surface area contributed by atoms with Crippen molar-refractivity contribution in [1.82, 2.24) is 10.2 Å². The molecular formula is C17H42N2O2. The van der Waals surface area contributed by atoms with Crippen molar-refractivity contribution in [2.45, 2.75) is 67.7 Å². The van der Waals surface area contributed by atoms with Crippen LogP contribution in [0.1, 0.15) is 67.7 Å². The van der Waals surface area contributed by atoms with Gasteiger partial charge in [0.15, 0.2) is 0 Å². The summed E-state index contributed by atoms with van der Waals surface area (Å²) in [7, 11) is 2.20. The van der Waals surface area contributed by atoms with Crippen LogP contribution in [0.15, 0.2) is 0 Å². The van der Waals surface area contributed by atoms with E-state index in [9.17, 15) is 4.79 Å². The molecule has 0 unspecified atom stereocenters. The molecule has 1 heterocycles. The Balaban J connectivity index is -0.0000000990. The normalized spacial score (nSPS) is 13.6. The van der Waals surface area contributed by atoms with Gasteiger partial charge in [-0.25, -0.2) is 0 Å². The monoisotopic (exact) mass is 306 g/mol. The van der Waals surface area contributed by atoms with Crippen molar-refractivity contribution >= 4 is 6.41 Å². The molecule has 0 aliphatic carbocycles. The molecule has 1 aliphatic heterocycles. The van der Waals surface area contributed by atoms with Crippen molar-refractivity contribution in [3.05, 3.63) is 0 Å². The molecule has 4 heteroatoms. The highest BCUT2D eigenvalue weighted by molar-refractivity contribution is 5.45. The first-order valence-corrected chi connectivity index (χ1v) is 8.58. The highest BCUT2D eigenvalue weighted by atomic mass is 16.3. The molecule has 0 aromatic rings. The number of nitrogens with one attached hydrogen (secondary N) is 1. The number of carbonyl (C=O) groups excluding carboxylic acids is 1. The first kappa shape index (κ1) is 28.5. The molecular weight excluding hydrogens is 264 g/mol. The average molecular weight is 307 g/mol. The lowest BCUT2D eigenvalue weighted by Crippen LogP contribution is -2.28. The zero-order valence-electron chi connectivity index (χ0n) is 15.9. The van der Waals surface area contributed by atoms with Crippen molar-refractivity contribution in [3.8, 4) is 0 Å². The van der Waals surface area contributed by atoms with Crippen LogP contribution >= 0.6 is 0 Å². The summed E-state index contributed by atoms with van der Waals surface area (Å²) < 4.78 is 0. The van der Waals surface area contributed by atoms with E-state index in [1.165, 1.54) is 32.4 Å². The first-order valence-electron chi connectivity index (χ1n) is 8.58. The lowest BCUT2D eigenvalue weighted by molar-refractivity contribution is -0.109. The Morgan fingerprint density at radius 3 is 1.71 bits per heavy atom. The molecule has 1 saturated heterocycles. The number of likely N-dealkylation sites (tertiary alicyclic amines) is 1. The van der Waals surface area contributed by atoms with Crippen molar-refractivity contribution in [2.24, 2.45) is 5.92 Å². The summed E-state index contributed by atoms with van der Waals surface area (Å²) in [4.78, 5) is 11.7. The number of piperidine rings is 1. The molecule has 132 valence electrons. The molecule has 1 aliphatic rings. The minimum absolute atomic E-state index is 0.0126. The topological polar surface area (TPSA) is 52.6 Å². The summed E-state index contributed by atoms with van der Waals surface area (Å²) >= 11 is 0. The summed E-state index contributed by atoms with van der Waals surface area (Å²) in [6, 6.07) is 0. The molecule has 21 heavy (non-hydrogen) atoms. The second kappa shape index (κ2) is 31.7. The van der Waals surface area contributed by atoms with E-state index in [0.717, 1.165) is 5.92 Å². The summed E-state index contributed by atoms with van der Waals surface area (Å²) in [6.45, 7) is 17.6. The molecule has 0 bridgehead atoms. The van der Waals surface area contributed by atoms with Crippen LogP contribution in [-0.4, -0.2) is 49.7 Å². The van der Waals surface area contributed by atoms with E-state index in [0.29, 0.717) is 13.0 Å². The largest absolute Gasteiger partial charge is 0.395 e. The van der Waals surface area contributed by atoms with Gasteiger partial charge < -0.3 is 15.3 Å².